The maximum Gasteiger partial charge on any atom is 0.419 e. The molecule has 3 saturated heterocycles. The van der Waals surface area contributed by atoms with Crippen molar-refractivity contribution < 1.29 is 27.4 Å². The van der Waals surface area contributed by atoms with E-state index in [0.717, 1.165) is 31.1 Å². The van der Waals surface area contributed by atoms with Gasteiger partial charge in [-0.3, -0.25) is 0 Å². The van der Waals surface area contributed by atoms with Gasteiger partial charge < -0.3 is 20.1 Å². The van der Waals surface area contributed by atoms with E-state index < -0.39 is 29.3 Å². The molecule has 4 heterocycles. The SMILES string of the molecule is C[C@@H](Nc1cnnc2ccc(N3CC4CCC3CO4)cc12)c1cc(O)cc(C(F)(F)F)c1F. The summed E-state index contributed by atoms with van der Waals surface area (Å²) in [4.78, 5) is 2.30. The Kier molecular flexibility index (Phi) is 5.27. The number of aromatic hydroxyl groups is 1. The minimum Gasteiger partial charge on any atom is -0.508 e. The number of aromatic nitrogens is 2. The van der Waals surface area contributed by atoms with Crippen molar-refractivity contribution in [2.45, 2.75) is 44.1 Å². The highest BCUT2D eigenvalue weighted by Gasteiger charge is 2.37. The summed E-state index contributed by atoms with van der Waals surface area (Å²) in [6, 6.07) is 6.56. The lowest BCUT2D eigenvalue weighted by molar-refractivity contribution is -0.140. The van der Waals surface area contributed by atoms with Gasteiger partial charge in [0.15, 0.2) is 0 Å². The molecule has 6 rings (SSSR count). The minimum atomic E-state index is -4.92. The highest BCUT2D eigenvalue weighted by atomic mass is 19.4. The van der Waals surface area contributed by atoms with Crippen LogP contribution in [0.1, 0.15) is 36.9 Å². The van der Waals surface area contributed by atoms with Gasteiger partial charge in [0.2, 0.25) is 0 Å². The van der Waals surface area contributed by atoms with Crippen LogP contribution >= 0.6 is 0 Å². The Hall–Kier alpha value is -3.14. The predicted octanol–water partition coefficient (Wildman–Crippen LogP) is 5.03. The Bertz CT molecular complexity index is 1200. The summed E-state index contributed by atoms with van der Waals surface area (Å²) in [6.45, 7) is 3.00. The smallest absolute Gasteiger partial charge is 0.419 e. The van der Waals surface area contributed by atoms with Crippen LogP contribution in [-0.2, 0) is 10.9 Å². The normalized spacial score (nSPS) is 21.4. The van der Waals surface area contributed by atoms with Crippen molar-refractivity contribution in [3.05, 3.63) is 53.5 Å². The average Bonchev–Trinajstić information content (AvgIpc) is 2.80. The lowest BCUT2D eigenvalue weighted by Gasteiger charge is -2.46. The second-order valence-electron chi connectivity index (χ2n) is 8.56. The van der Waals surface area contributed by atoms with E-state index in [1.54, 1.807) is 0 Å². The van der Waals surface area contributed by atoms with Crippen LogP contribution in [0.25, 0.3) is 10.9 Å². The number of nitrogens with one attached hydrogen (secondary N) is 1. The fraction of sp³-hybridized carbons (Fsp3) is 0.391. The number of hydrogen-bond acceptors (Lipinski definition) is 6. The monoisotopic (exact) mass is 462 g/mol. The number of ether oxygens (including phenoxy) is 1. The first-order valence-corrected chi connectivity index (χ1v) is 10.7. The third kappa shape index (κ3) is 4.03. The van der Waals surface area contributed by atoms with Crippen LogP contribution in [0.3, 0.4) is 0 Å². The van der Waals surface area contributed by atoms with Gasteiger partial charge in [-0.25, -0.2) is 4.39 Å². The number of fused-ring (bicyclic) bond motifs is 4. The number of halogens is 4. The summed E-state index contributed by atoms with van der Waals surface area (Å²) in [7, 11) is 0. The average molecular weight is 462 g/mol. The molecule has 3 aliphatic rings. The Labute approximate surface area is 187 Å². The standard InChI is InChI=1S/C23H22F4N4O2/c1-12(17-7-15(32)8-19(22(17)24)23(25,26)27)29-21-9-28-30-20-5-3-13(6-18(20)21)31-10-16-4-2-14(31)11-33-16/h3,5-9,12,14,16,32H,2,4,10-11H2,1H3,(H,29,30)/t12-,14?,16?/m1/s1. The van der Waals surface area contributed by atoms with Gasteiger partial charge in [-0.1, -0.05) is 0 Å². The lowest BCUT2D eigenvalue weighted by Crippen LogP contribution is -2.54. The summed E-state index contributed by atoms with van der Waals surface area (Å²) in [5.41, 5.74) is 0.292. The number of alkyl halides is 3. The second kappa shape index (κ2) is 8.02. The van der Waals surface area contributed by atoms with Gasteiger partial charge in [-0.05, 0) is 50.1 Å². The molecule has 2 N–H and O–H groups in total. The fourth-order valence-corrected chi connectivity index (χ4v) is 4.67. The zero-order chi connectivity index (χ0) is 23.3. The number of rotatable bonds is 4. The number of nitrogens with zero attached hydrogens (tertiary/aromatic N) is 3. The van der Waals surface area contributed by atoms with E-state index in [1.807, 2.05) is 18.2 Å². The molecule has 3 fully saturated rings. The maximum absolute atomic E-state index is 14.7. The molecule has 2 bridgehead atoms. The number of phenols is 1. The number of morpholine rings is 1. The molecule has 0 saturated carbocycles. The third-order valence-corrected chi connectivity index (χ3v) is 6.37. The molecule has 3 aliphatic heterocycles. The van der Waals surface area contributed by atoms with Gasteiger partial charge in [0, 0.05) is 23.2 Å². The summed E-state index contributed by atoms with van der Waals surface area (Å²) < 4.78 is 60.0. The molecule has 1 aromatic heterocycles. The topological polar surface area (TPSA) is 70.5 Å². The summed E-state index contributed by atoms with van der Waals surface area (Å²) >= 11 is 0. The molecule has 0 amide bonds. The molecule has 33 heavy (non-hydrogen) atoms. The van der Waals surface area contributed by atoms with Crippen molar-refractivity contribution >= 4 is 22.3 Å². The van der Waals surface area contributed by atoms with E-state index in [2.05, 4.69) is 20.4 Å². The molecule has 0 aliphatic carbocycles. The molecule has 10 heteroatoms. The van der Waals surface area contributed by atoms with Crippen LogP contribution in [0.15, 0.2) is 36.5 Å². The van der Waals surface area contributed by atoms with Gasteiger partial charge in [-0.15, -0.1) is 0 Å². The molecule has 2 aromatic carbocycles. The largest absolute Gasteiger partial charge is 0.508 e. The first kappa shape index (κ1) is 21.7. The Morgan fingerprint density at radius 3 is 2.70 bits per heavy atom. The van der Waals surface area contributed by atoms with E-state index in [-0.39, 0.29) is 11.7 Å². The Morgan fingerprint density at radius 2 is 2.03 bits per heavy atom. The molecule has 174 valence electrons. The third-order valence-electron chi connectivity index (χ3n) is 6.37. The van der Waals surface area contributed by atoms with Gasteiger partial charge in [-0.2, -0.15) is 23.4 Å². The van der Waals surface area contributed by atoms with Crippen LogP contribution in [0.5, 0.6) is 5.75 Å². The lowest BCUT2D eigenvalue weighted by atomic mass is 9.96. The van der Waals surface area contributed by atoms with E-state index >= 15 is 0 Å². The van der Waals surface area contributed by atoms with Crippen LogP contribution in [0, 0.1) is 5.82 Å². The predicted molar refractivity (Wildman–Crippen MR) is 115 cm³/mol. The van der Waals surface area contributed by atoms with Crippen molar-refractivity contribution in [3.63, 3.8) is 0 Å². The van der Waals surface area contributed by atoms with Crippen LogP contribution in [0.4, 0.5) is 28.9 Å². The van der Waals surface area contributed by atoms with Crippen molar-refractivity contribution in [1.82, 2.24) is 10.2 Å². The Balaban J connectivity index is 1.49. The molecule has 0 radical (unpaired) electrons. The highest BCUT2D eigenvalue weighted by Crippen LogP contribution is 2.38. The zero-order valence-corrected chi connectivity index (χ0v) is 17.7. The zero-order valence-electron chi connectivity index (χ0n) is 17.7. The number of benzene rings is 2. The second-order valence-corrected chi connectivity index (χ2v) is 8.56. The minimum absolute atomic E-state index is 0.204. The fourth-order valence-electron chi connectivity index (χ4n) is 4.67. The number of hydrogen-bond donors (Lipinski definition) is 2. The van der Waals surface area contributed by atoms with Crippen LogP contribution in [-0.4, -0.2) is 40.6 Å². The molecular formula is C23H22F4N4O2. The van der Waals surface area contributed by atoms with E-state index in [9.17, 15) is 22.7 Å². The van der Waals surface area contributed by atoms with E-state index in [4.69, 9.17) is 4.74 Å². The number of piperidine rings is 1. The Morgan fingerprint density at radius 1 is 1.21 bits per heavy atom. The van der Waals surface area contributed by atoms with Crippen molar-refractivity contribution in [2.24, 2.45) is 0 Å². The first-order valence-electron chi connectivity index (χ1n) is 10.7. The highest BCUT2D eigenvalue weighted by molar-refractivity contribution is 5.93. The molecule has 6 nitrogen and oxygen atoms in total. The van der Waals surface area contributed by atoms with Crippen molar-refractivity contribution in [2.75, 3.05) is 23.4 Å². The van der Waals surface area contributed by atoms with Gasteiger partial charge in [0.1, 0.15) is 11.6 Å². The maximum atomic E-state index is 14.7. The quantitative estimate of drug-likeness (QED) is 0.530. The summed E-state index contributed by atoms with van der Waals surface area (Å²) in [5, 5.41) is 21.6. The van der Waals surface area contributed by atoms with Crippen LogP contribution < -0.4 is 10.2 Å². The number of phenolic OH excluding ortho intramolecular Hbond substituents is 1. The molecule has 2 unspecified atom stereocenters. The van der Waals surface area contributed by atoms with Gasteiger partial charge in [0.25, 0.3) is 0 Å². The summed E-state index contributed by atoms with van der Waals surface area (Å²) in [5.74, 6) is -2.08. The molecule has 3 aromatic rings. The number of anilines is 2. The van der Waals surface area contributed by atoms with Crippen LogP contribution in [0.2, 0.25) is 0 Å². The van der Waals surface area contributed by atoms with E-state index in [0.29, 0.717) is 35.3 Å². The summed E-state index contributed by atoms with van der Waals surface area (Å²) in [6.07, 6.45) is -1.17. The van der Waals surface area contributed by atoms with Crippen molar-refractivity contribution in [1.29, 1.82) is 0 Å². The first-order chi connectivity index (χ1) is 15.7. The molecule has 3 atom stereocenters. The molecular weight excluding hydrogens is 440 g/mol. The van der Waals surface area contributed by atoms with Crippen molar-refractivity contribution in [3.8, 4) is 5.75 Å². The molecule has 0 spiro atoms. The van der Waals surface area contributed by atoms with E-state index in [1.165, 1.54) is 13.1 Å². The van der Waals surface area contributed by atoms with Gasteiger partial charge >= 0.3 is 6.18 Å². The van der Waals surface area contributed by atoms with Gasteiger partial charge in [0.05, 0.1) is 47.8 Å².